The Labute approximate surface area is 125 Å². The molecule has 0 unspecified atom stereocenters. The van der Waals surface area contributed by atoms with Crippen molar-refractivity contribution in [1.29, 1.82) is 0 Å². The van der Waals surface area contributed by atoms with Crippen molar-refractivity contribution in [2.24, 2.45) is 10.2 Å². The number of hydrogen-bond donors (Lipinski definition) is 2. The molecule has 22 heavy (non-hydrogen) atoms. The summed E-state index contributed by atoms with van der Waals surface area (Å²) in [5, 5.41) is 26.1. The van der Waals surface area contributed by atoms with Crippen LogP contribution in [0.15, 0.2) is 52.7 Å². The molecule has 2 rings (SSSR count). The van der Waals surface area contributed by atoms with E-state index in [4.69, 9.17) is 5.11 Å². The maximum Gasteiger partial charge on any atom is 0.339 e. The minimum Gasteiger partial charge on any atom is -0.507 e. The minimum absolute atomic E-state index is 0.252. The number of carbonyl (C=O) groups is 2. The standard InChI is InChI=1S/C15H12N2O5/c1-22-15(21)9-2-4-10(5-3-9)16-17-11-6-7-13(18)12(8-11)14(19)20/h2-8,18H,1H3,(H,19,20). The molecule has 0 bridgehead atoms. The molecule has 0 saturated carbocycles. The van der Waals surface area contributed by atoms with Crippen molar-refractivity contribution in [3.63, 3.8) is 0 Å². The van der Waals surface area contributed by atoms with Crippen LogP contribution in [0.3, 0.4) is 0 Å². The fourth-order valence-electron chi connectivity index (χ4n) is 1.66. The van der Waals surface area contributed by atoms with E-state index in [1.165, 1.54) is 25.3 Å². The van der Waals surface area contributed by atoms with Gasteiger partial charge in [0.15, 0.2) is 0 Å². The molecule has 2 aromatic carbocycles. The summed E-state index contributed by atoms with van der Waals surface area (Å²) in [6.45, 7) is 0. The lowest BCUT2D eigenvalue weighted by Crippen LogP contribution is -1.99. The average molecular weight is 300 g/mol. The molecule has 0 fully saturated rings. The second kappa shape index (κ2) is 6.49. The first-order valence-corrected chi connectivity index (χ1v) is 6.17. The highest BCUT2D eigenvalue weighted by molar-refractivity contribution is 5.91. The Morgan fingerprint density at radius 1 is 1.00 bits per heavy atom. The number of aromatic carboxylic acids is 1. The van der Waals surface area contributed by atoms with Crippen LogP contribution in [0.2, 0.25) is 0 Å². The Morgan fingerprint density at radius 3 is 2.18 bits per heavy atom. The summed E-state index contributed by atoms with van der Waals surface area (Å²) in [4.78, 5) is 22.2. The zero-order valence-electron chi connectivity index (χ0n) is 11.6. The van der Waals surface area contributed by atoms with E-state index in [1.807, 2.05) is 0 Å². The number of phenols is 1. The molecule has 0 aliphatic heterocycles. The first-order chi connectivity index (χ1) is 10.5. The molecule has 7 heteroatoms. The number of ether oxygens (including phenoxy) is 1. The average Bonchev–Trinajstić information content (AvgIpc) is 2.53. The van der Waals surface area contributed by atoms with E-state index in [-0.39, 0.29) is 17.0 Å². The Morgan fingerprint density at radius 2 is 1.59 bits per heavy atom. The number of aromatic hydroxyl groups is 1. The fraction of sp³-hybridized carbons (Fsp3) is 0.0667. The molecule has 0 spiro atoms. The van der Waals surface area contributed by atoms with Crippen molar-refractivity contribution in [2.75, 3.05) is 7.11 Å². The predicted octanol–water partition coefficient (Wildman–Crippen LogP) is 3.29. The number of methoxy groups -OCH3 is 1. The predicted molar refractivity (Wildman–Crippen MR) is 77.0 cm³/mol. The molecule has 0 aliphatic rings. The van der Waals surface area contributed by atoms with E-state index < -0.39 is 11.9 Å². The molecular weight excluding hydrogens is 288 g/mol. The summed E-state index contributed by atoms with van der Waals surface area (Å²) >= 11 is 0. The molecule has 2 N–H and O–H groups in total. The normalized spacial score (nSPS) is 10.6. The first kappa shape index (κ1) is 15.2. The summed E-state index contributed by atoms with van der Waals surface area (Å²) in [6, 6.07) is 10.1. The zero-order valence-corrected chi connectivity index (χ0v) is 11.6. The number of hydrogen-bond acceptors (Lipinski definition) is 6. The van der Waals surface area contributed by atoms with Gasteiger partial charge in [-0.05, 0) is 42.5 Å². The molecule has 0 atom stereocenters. The van der Waals surface area contributed by atoms with Crippen molar-refractivity contribution in [1.82, 2.24) is 0 Å². The summed E-state index contributed by atoms with van der Waals surface area (Å²) < 4.78 is 4.58. The molecule has 0 saturated heterocycles. The molecule has 0 amide bonds. The second-order valence-electron chi connectivity index (χ2n) is 4.25. The Kier molecular flexibility index (Phi) is 4.47. The number of benzene rings is 2. The molecule has 7 nitrogen and oxygen atoms in total. The van der Waals surface area contributed by atoms with Gasteiger partial charge in [-0.3, -0.25) is 0 Å². The number of esters is 1. The van der Waals surface area contributed by atoms with Crippen LogP contribution in [0.4, 0.5) is 11.4 Å². The first-order valence-electron chi connectivity index (χ1n) is 6.17. The third kappa shape index (κ3) is 3.45. The summed E-state index contributed by atoms with van der Waals surface area (Å²) in [5.74, 6) is -2.04. The lowest BCUT2D eigenvalue weighted by molar-refractivity contribution is 0.0599. The van der Waals surface area contributed by atoms with Gasteiger partial charge in [-0.15, -0.1) is 0 Å². The summed E-state index contributed by atoms with van der Waals surface area (Å²) in [7, 11) is 1.29. The number of nitrogens with zero attached hydrogens (tertiary/aromatic N) is 2. The number of rotatable bonds is 4. The van der Waals surface area contributed by atoms with Gasteiger partial charge in [0, 0.05) is 0 Å². The van der Waals surface area contributed by atoms with Gasteiger partial charge in [0.25, 0.3) is 0 Å². The molecule has 2 aromatic rings. The lowest BCUT2D eigenvalue weighted by Gasteiger charge is -2.00. The molecule has 0 aliphatic carbocycles. The van der Waals surface area contributed by atoms with Gasteiger partial charge in [0.2, 0.25) is 0 Å². The van der Waals surface area contributed by atoms with E-state index in [1.54, 1.807) is 24.3 Å². The number of carbonyl (C=O) groups excluding carboxylic acids is 1. The largest absolute Gasteiger partial charge is 0.507 e. The molecule has 112 valence electrons. The number of azo groups is 1. The highest BCUT2D eigenvalue weighted by Gasteiger charge is 2.10. The molecule has 0 heterocycles. The Balaban J connectivity index is 2.20. The van der Waals surface area contributed by atoms with Crippen molar-refractivity contribution >= 4 is 23.3 Å². The zero-order chi connectivity index (χ0) is 16.1. The fourth-order valence-corrected chi connectivity index (χ4v) is 1.66. The van der Waals surface area contributed by atoms with Crippen LogP contribution in [0, 0.1) is 0 Å². The van der Waals surface area contributed by atoms with E-state index in [9.17, 15) is 14.7 Å². The molecule has 0 aromatic heterocycles. The minimum atomic E-state index is -1.25. The van der Waals surface area contributed by atoms with Crippen LogP contribution in [0.25, 0.3) is 0 Å². The topological polar surface area (TPSA) is 109 Å². The van der Waals surface area contributed by atoms with Gasteiger partial charge in [-0.2, -0.15) is 10.2 Å². The van der Waals surface area contributed by atoms with Crippen LogP contribution in [-0.4, -0.2) is 29.3 Å². The van der Waals surface area contributed by atoms with Gasteiger partial charge in [-0.1, -0.05) is 0 Å². The van der Waals surface area contributed by atoms with Crippen LogP contribution >= 0.6 is 0 Å². The van der Waals surface area contributed by atoms with Gasteiger partial charge < -0.3 is 14.9 Å². The number of carboxylic acids is 1. The van der Waals surface area contributed by atoms with Gasteiger partial charge in [-0.25, -0.2) is 9.59 Å². The summed E-state index contributed by atoms with van der Waals surface area (Å²) in [6.07, 6.45) is 0. The molecule has 0 radical (unpaired) electrons. The Hall–Kier alpha value is -3.22. The maximum absolute atomic E-state index is 11.3. The summed E-state index contributed by atoms with van der Waals surface area (Å²) in [5.41, 5.74) is 0.904. The smallest absolute Gasteiger partial charge is 0.339 e. The van der Waals surface area contributed by atoms with Crippen LogP contribution < -0.4 is 0 Å². The van der Waals surface area contributed by atoms with Crippen LogP contribution in [-0.2, 0) is 4.74 Å². The third-order valence-corrected chi connectivity index (χ3v) is 2.78. The van der Waals surface area contributed by atoms with Crippen molar-refractivity contribution in [2.45, 2.75) is 0 Å². The van der Waals surface area contributed by atoms with Crippen LogP contribution in [0.1, 0.15) is 20.7 Å². The van der Waals surface area contributed by atoms with Crippen molar-refractivity contribution < 1.29 is 24.5 Å². The highest BCUT2D eigenvalue weighted by atomic mass is 16.5. The van der Waals surface area contributed by atoms with Gasteiger partial charge >= 0.3 is 11.9 Å². The van der Waals surface area contributed by atoms with Crippen LogP contribution in [0.5, 0.6) is 5.75 Å². The van der Waals surface area contributed by atoms with Crippen molar-refractivity contribution in [3.05, 3.63) is 53.6 Å². The quantitative estimate of drug-likeness (QED) is 0.665. The van der Waals surface area contributed by atoms with Gasteiger partial charge in [0.1, 0.15) is 11.3 Å². The molecular formula is C15H12N2O5. The third-order valence-electron chi connectivity index (χ3n) is 2.78. The maximum atomic E-state index is 11.3. The Bertz CT molecular complexity index is 738. The highest BCUT2D eigenvalue weighted by Crippen LogP contribution is 2.25. The number of carboxylic acid groups (broad SMARTS) is 1. The van der Waals surface area contributed by atoms with E-state index in [0.717, 1.165) is 0 Å². The second-order valence-corrected chi connectivity index (χ2v) is 4.25. The van der Waals surface area contributed by atoms with E-state index in [2.05, 4.69) is 15.0 Å². The SMILES string of the molecule is COC(=O)c1ccc(N=Nc2ccc(O)c(C(=O)O)c2)cc1. The van der Waals surface area contributed by atoms with Gasteiger partial charge in [0.05, 0.1) is 24.0 Å². The monoisotopic (exact) mass is 300 g/mol. The van der Waals surface area contributed by atoms with E-state index >= 15 is 0 Å². The lowest BCUT2D eigenvalue weighted by atomic mass is 10.2. The van der Waals surface area contributed by atoms with E-state index in [0.29, 0.717) is 11.3 Å². The van der Waals surface area contributed by atoms with Crippen molar-refractivity contribution in [3.8, 4) is 5.75 Å².